The van der Waals surface area contributed by atoms with Crippen LogP contribution in [0.3, 0.4) is 0 Å². The molecule has 1 aromatic rings. The van der Waals surface area contributed by atoms with E-state index in [0.717, 1.165) is 47.5 Å². The number of rotatable bonds is 7. The zero-order valence-corrected chi connectivity index (χ0v) is 12.8. The lowest BCUT2D eigenvalue weighted by molar-refractivity contribution is 0.307. The minimum absolute atomic E-state index is 0.342. The molecule has 0 amide bonds. The Kier molecular flexibility index (Phi) is 6.00. The molecule has 0 aliphatic rings. The summed E-state index contributed by atoms with van der Waals surface area (Å²) in [6, 6.07) is 0. The first-order valence-corrected chi connectivity index (χ1v) is 7.31. The van der Waals surface area contributed by atoms with Crippen LogP contribution >= 0.6 is 0 Å². The molecule has 0 fully saturated rings. The van der Waals surface area contributed by atoms with Gasteiger partial charge >= 0.3 is 0 Å². The Morgan fingerprint density at radius 1 is 0.684 bits per heavy atom. The average Bonchev–Trinajstić information content (AvgIpc) is 2.40. The fourth-order valence-corrected chi connectivity index (χ4v) is 2.48. The third-order valence-corrected chi connectivity index (χ3v) is 3.31. The van der Waals surface area contributed by atoms with Crippen LogP contribution in [-0.2, 0) is 19.3 Å². The van der Waals surface area contributed by atoms with Crippen molar-refractivity contribution in [3.05, 3.63) is 16.7 Å². The van der Waals surface area contributed by atoms with E-state index in [9.17, 15) is 5.11 Å². The van der Waals surface area contributed by atoms with Gasteiger partial charge in [-0.3, -0.25) is 0 Å². The lowest BCUT2D eigenvalue weighted by Crippen LogP contribution is -2.07. The maximum absolute atomic E-state index is 10.5. The molecule has 0 spiro atoms. The summed E-state index contributed by atoms with van der Waals surface area (Å²) in [5.74, 6) is 1.96. The lowest BCUT2D eigenvalue weighted by atomic mass is 9.96. The largest absolute Gasteiger partial charge is 0.507 e. The Bertz CT molecular complexity index is 389. The topological polar surface area (TPSA) is 38.7 Å². The normalized spacial score (nSPS) is 10.6. The molecule has 0 saturated heterocycles. The van der Waals surface area contributed by atoms with Gasteiger partial charge in [-0.1, -0.05) is 20.8 Å². The summed E-state index contributed by atoms with van der Waals surface area (Å²) < 4.78 is 11.6. The Morgan fingerprint density at radius 3 is 1.32 bits per heavy atom. The molecule has 1 aromatic carbocycles. The zero-order valence-electron chi connectivity index (χ0n) is 12.8. The summed E-state index contributed by atoms with van der Waals surface area (Å²) in [6.45, 7) is 11.3. The summed E-state index contributed by atoms with van der Waals surface area (Å²) in [7, 11) is 0. The number of aromatic hydroxyl groups is 1. The van der Waals surface area contributed by atoms with Gasteiger partial charge in [-0.25, -0.2) is 0 Å². The van der Waals surface area contributed by atoms with Gasteiger partial charge < -0.3 is 14.6 Å². The highest BCUT2D eigenvalue weighted by atomic mass is 16.5. The van der Waals surface area contributed by atoms with Gasteiger partial charge in [0.1, 0.15) is 17.2 Å². The number of hydrogen-bond acceptors (Lipinski definition) is 3. The summed E-state index contributed by atoms with van der Waals surface area (Å²) in [4.78, 5) is 0. The summed E-state index contributed by atoms with van der Waals surface area (Å²) in [5, 5.41) is 10.5. The minimum Gasteiger partial charge on any atom is -0.507 e. The van der Waals surface area contributed by atoms with Crippen LogP contribution in [0.5, 0.6) is 17.2 Å². The average molecular weight is 266 g/mol. The van der Waals surface area contributed by atoms with Crippen molar-refractivity contribution in [2.24, 2.45) is 0 Å². The second-order valence-corrected chi connectivity index (χ2v) is 4.37. The van der Waals surface area contributed by atoms with E-state index in [2.05, 4.69) is 6.92 Å². The van der Waals surface area contributed by atoms with Crippen molar-refractivity contribution in [2.45, 2.75) is 53.9 Å². The van der Waals surface area contributed by atoms with Crippen molar-refractivity contribution < 1.29 is 14.6 Å². The third-order valence-electron chi connectivity index (χ3n) is 3.31. The van der Waals surface area contributed by atoms with Gasteiger partial charge in [0.2, 0.25) is 0 Å². The van der Waals surface area contributed by atoms with Crippen molar-refractivity contribution in [1.82, 2.24) is 0 Å². The maximum atomic E-state index is 10.5. The van der Waals surface area contributed by atoms with Gasteiger partial charge in [0.15, 0.2) is 0 Å². The predicted octanol–water partition coefficient (Wildman–Crippen LogP) is 3.88. The van der Waals surface area contributed by atoms with Crippen molar-refractivity contribution >= 4 is 0 Å². The molecule has 0 aliphatic heterocycles. The Labute approximate surface area is 116 Å². The molecule has 3 nitrogen and oxygen atoms in total. The van der Waals surface area contributed by atoms with E-state index in [-0.39, 0.29) is 0 Å². The SMILES string of the molecule is CCOc1c(CC)c(O)c(CC)c(OCC)c1CC. The molecule has 1 rings (SSSR count). The van der Waals surface area contributed by atoms with Crippen LogP contribution < -0.4 is 9.47 Å². The molecule has 1 N–H and O–H groups in total. The van der Waals surface area contributed by atoms with Gasteiger partial charge in [0.25, 0.3) is 0 Å². The third kappa shape index (κ3) is 2.96. The van der Waals surface area contributed by atoms with Gasteiger partial charge in [-0.15, -0.1) is 0 Å². The van der Waals surface area contributed by atoms with Crippen LogP contribution in [0.2, 0.25) is 0 Å². The molecule has 0 atom stereocenters. The van der Waals surface area contributed by atoms with E-state index in [0.29, 0.717) is 19.0 Å². The summed E-state index contributed by atoms with van der Waals surface area (Å²) in [5.41, 5.74) is 2.88. The number of hydrogen-bond donors (Lipinski definition) is 1. The highest BCUT2D eigenvalue weighted by molar-refractivity contribution is 5.62. The van der Waals surface area contributed by atoms with Crippen molar-refractivity contribution in [3.63, 3.8) is 0 Å². The van der Waals surface area contributed by atoms with E-state index >= 15 is 0 Å². The summed E-state index contributed by atoms with van der Waals surface area (Å²) in [6.07, 6.45) is 2.35. The number of phenols is 1. The Balaban J connectivity index is 3.60. The summed E-state index contributed by atoms with van der Waals surface area (Å²) >= 11 is 0. The molecule has 0 saturated carbocycles. The molecule has 0 radical (unpaired) electrons. The lowest BCUT2D eigenvalue weighted by Gasteiger charge is -2.22. The van der Waals surface area contributed by atoms with Crippen molar-refractivity contribution in [2.75, 3.05) is 13.2 Å². The quantitative estimate of drug-likeness (QED) is 0.814. The monoisotopic (exact) mass is 266 g/mol. The smallest absolute Gasteiger partial charge is 0.133 e. The second-order valence-electron chi connectivity index (χ2n) is 4.37. The fraction of sp³-hybridized carbons (Fsp3) is 0.625. The van der Waals surface area contributed by atoms with Crippen molar-refractivity contribution in [1.29, 1.82) is 0 Å². The standard InChI is InChI=1S/C16H26O3/c1-6-11-14(17)12(7-2)16(19-10-5)13(8-3)15(11)18-9-4/h17H,6-10H2,1-5H3. The van der Waals surface area contributed by atoms with E-state index in [4.69, 9.17) is 9.47 Å². The van der Waals surface area contributed by atoms with E-state index in [1.54, 1.807) is 0 Å². The molecule has 3 heteroatoms. The van der Waals surface area contributed by atoms with E-state index in [1.165, 1.54) is 0 Å². The van der Waals surface area contributed by atoms with Crippen LogP contribution in [0.25, 0.3) is 0 Å². The van der Waals surface area contributed by atoms with Crippen molar-refractivity contribution in [3.8, 4) is 17.2 Å². The molecule has 0 aromatic heterocycles. The van der Waals surface area contributed by atoms with E-state index < -0.39 is 0 Å². The molecule has 19 heavy (non-hydrogen) atoms. The van der Waals surface area contributed by atoms with Crippen LogP contribution in [-0.4, -0.2) is 18.3 Å². The number of ether oxygens (including phenoxy) is 2. The highest BCUT2D eigenvalue weighted by Crippen LogP contribution is 2.44. The first kappa shape index (κ1) is 15.7. The van der Waals surface area contributed by atoms with Gasteiger partial charge in [-0.05, 0) is 33.1 Å². The van der Waals surface area contributed by atoms with Crippen LogP contribution in [0.4, 0.5) is 0 Å². The van der Waals surface area contributed by atoms with E-state index in [1.807, 2.05) is 27.7 Å². The first-order chi connectivity index (χ1) is 9.15. The number of phenolic OH excluding ortho intramolecular Hbond substituents is 1. The minimum atomic E-state index is 0.342. The molecule has 0 aliphatic carbocycles. The molecule has 0 bridgehead atoms. The molecular weight excluding hydrogens is 240 g/mol. The first-order valence-electron chi connectivity index (χ1n) is 7.31. The zero-order chi connectivity index (χ0) is 14.4. The molecule has 108 valence electrons. The van der Waals surface area contributed by atoms with Gasteiger partial charge in [-0.2, -0.15) is 0 Å². The maximum Gasteiger partial charge on any atom is 0.133 e. The Morgan fingerprint density at radius 2 is 1.05 bits per heavy atom. The molecule has 0 unspecified atom stereocenters. The Hall–Kier alpha value is -1.38. The van der Waals surface area contributed by atoms with Crippen LogP contribution in [0.15, 0.2) is 0 Å². The molecule has 0 heterocycles. The predicted molar refractivity (Wildman–Crippen MR) is 78.6 cm³/mol. The second kappa shape index (κ2) is 7.27. The number of benzene rings is 1. The molecular formula is C16H26O3. The van der Waals surface area contributed by atoms with Crippen LogP contribution in [0, 0.1) is 0 Å². The van der Waals surface area contributed by atoms with Gasteiger partial charge in [0, 0.05) is 16.7 Å². The van der Waals surface area contributed by atoms with Gasteiger partial charge in [0.05, 0.1) is 13.2 Å². The highest BCUT2D eigenvalue weighted by Gasteiger charge is 2.23. The van der Waals surface area contributed by atoms with Crippen LogP contribution in [0.1, 0.15) is 51.3 Å². The fourth-order valence-electron chi connectivity index (χ4n) is 2.48.